The van der Waals surface area contributed by atoms with Gasteiger partial charge in [0, 0.05) is 17.1 Å². The van der Waals surface area contributed by atoms with Crippen molar-refractivity contribution in [2.45, 2.75) is 45.2 Å². The minimum atomic E-state index is -0.185. The van der Waals surface area contributed by atoms with Gasteiger partial charge in [0.05, 0.1) is 17.2 Å². The van der Waals surface area contributed by atoms with Crippen molar-refractivity contribution in [2.24, 2.45) is 0 Å². The number of benzene rings is 2. The number of nitrogens with zero attached hydrogens (tertiary/aromatic N) is 3. The molecule has 0 bridgehead atoms. The molecule has 1 unspecified atom stereocenters. The molecule has 0 fully saturated rings. The van der Waals surface area contributed by atoms with Crippen molar-refractivity contribution in [2.75, 3.05) is 6.54 Å². The van der Waals surface area contributed by atoms with Crippen LogP contribution in [0, 0.1) is 0 Å². The third-order valence-corrected chi connectivity index (χ3v) is 6.13. The molecule has 0 spiro atoms. The topological polar surface area (TPSA) is 55.2 Å². The Hall–Kier alpha value is -2.47. The third-order valence-electron chi connectivity index (χ3n) is 5.64. The van der Waals surface area contributed by atoms with Crippen LogP contribution in [0.2, 0.25) is 0 Å². The molecule has 0 aliphatic heterocycles. The van der Waals surface area contributed by atoms with Crippen molar-refractivity contribution in [3.05, 3.63) is 74.7 Å². The monoisotopic (exact) mass is 453 g/mol. The number of hydrogen-bond acceptors (Lipinski definition) is 3. The predicted octanol–water partition coefficient (Wildman–Crippen LogP) is 3.96. The number of rotatable bonds is 5. The molecule has 1 atom stereocenters. The number of halogens is 1. The van der Waals surface area contributed by atoms with Gasteiger partial charge in [0.1, 0.15) is 6.54 Å². The molecular weight excluding hydrogens is 430 g/mol. The van der Waals surface area contributed by atoms with Crippen LogP contribution >= 0.6 is 15.9 Å². The first-order valence-corrected chi connectivity index (χ1v) is 10.9. The molecule has 0 radical (unpaired) electrons. The molecule has 1 amide bonds. The number of hydrogen-bond donors (Lipinski definition) is 0. The minimum absolute atomic E-state index is 0.0190. The second-order valence-electron chi connectivity index (χ2n) is 7.59. The summed E-state index contributed by atoms with van der Waals surface area (Å²) in [5.41, 5.74) is 3.16. The standard InChI is InChI=1S/C23H24BrN3O2/c1-2-11-27(19-9-7-16-5-3-4-6-17(16)12-19)22(28)14-26-15-25-21-10-8-18(24)13-20(21)23(26)29/h3-6,8,10,13,15,19H,2,7,9,11-12,14H2,1H3. The Labute approximate surface area is 178 Å². The number of fused-ring (bicyclic) bond motifs is 2. The van der Waals surface area contributed by atoms with Crippen molar-refractivity contribution in [1.29, 1.82) is 0 Å². The Morgan fingerprint density at radius 3 is 2.83 bits per heavy atom. The highest BCUT2D eigenvalue weighted by molar-refractivity contribution is 9.10. The van der Waals surface area contributed by atoms with Gasteiger partial charge in [-0.3, -0.25) is 14.2 Å². The van der Waals surface area contributed by atoms with Crippen LogP contribution in [-0.4, -0.2) is 32.9 Å². The maximum absolute atomic E-state index is 13.2. The first kappa shape index (κ1) is 19.8. The van der Waals surface area contributed by atoms with E-state index in [4.69, 9.17) is 0 Å². The maximum atomic E-state index is 13.2. The van der Waals surface area contributed by atoms with E-state index in [1.54, 1.807) is 12.1 Å². The van der Waals surface area contributed by atoms with Crippen molar-refractivity contribution in [3.63, 3.8) is 0 Å². The second kappa shape index (κ2) is 8.49. The van der Waals surface area contributed by atoms with Crippen LogP contribution in [0.25, 0.3) is 10.9 Å². The quantitative estimate of drug-likeness (QED) is 0.587. The first-order chi connectivity index (χ1) is 14.1. The average Bonchev–Trinajstić information content (AvgIpc) is 2.74. The van der Waals surface area contributed by atoms with E-state index in [1.165, 1.54) is 22.0 Å². The van der Waals surface area contributed by atoms with Crippen molar-refractivity contribution >= 4 is 32.7 Å². The van der Waals surface area contributed by atoms with Gasteiger partial charge < -0.3 is 4.90 Å². The number of amides is 1. The van der Waals surface area contributed by atoms with Gasteiger partial charge in [-0.05, 0) is 55.0 Å². The lowest BCUT2D eigenvalue weighted by Gasteiger charge is -2.35. The lowest BCUT2D eigenvalue weighted by atomic mass is 9.87. The zero-order valence-electron chi connectivity index (χ0n) is 16.5. The van der Waals surface area contributed by atoms with Crippen LogP contribution in [-0.2, 0) is 24.2 Å². The Bertz CT molecular complexity index is 1110. The lowest BCUT2D eigenvalue weighted by Crippen LogP contribution is -2.46. The summed E-state index contributed by atoms with van der Waals surface area (Å²) in [6.45, 7) is 2.80. The molecule has 1 aliphatic rings. The highest BCUT2D eigenvalue weighted by Gasteiger charge is 2.27. The Kier molecular flexibility index (Phi) is 5.81. The zero-order valence-corrected chi connectivity index (χ0v) is 18.1. The van der Waals surface area contributed by atoms with Gasteiger partial charge in [-0.1, -0.05) is 47.1 Å². The predicted molar refractivity (Wildman–Crippen MR) is 118 cm³/mol. The Morgan fingerprint density at radius 2 is 2.03 bits per heavy atom. The highest BCUT2D eigenvalue weighted by Crippen LogP contribution is 2.25. The molecule has 150 valence electrons. The molecule has 1 aliphatic carbocycles. The first-order valence-electron chi connectivity index (χ1n) is 10.1. The molecule has 1 heterocycles. The molecule has 29 heavy (non-hydrogen) atoms. The van der Waals surface area contributed by atoms with Crippen LogP contribution in [0.3, 0.4) is 0 Å². The van der Waals surface area contributed by atoms with Gasteiger partial charge in [-0.2, -0.15) is 0 Å². The lowest BCUT2D eigenvalue weighted by molar-refractivity contribution is -0.134. The van der Waals surface area contributed by atoms with E-state index in [9.17, 15) is 9.59 Å². The minimum Gasteiger partial charge on any atom is -0.338 e. The van der Waals surface area contributed by atoms with Crippen molar-refractivity contribution < 1.29 is 4.79 Å². The number of aromatic nitrogens is 2. The molecule has 5 nitrogen and oxygen atoms in total. The van der Waals surface area contributed by atoms with Gasteiger partial charge in [0.25, 0.3) is 5.56 Å². The summed E-state index contributed by atoms with van der Waals surface area (Å²) in [7, 11) is 0. The highest BCUT2D eigenvalue weighted by atomic mass is 79.9. The van der Waals surface area contributed by atoms with E-state index in [0.717, 1.165) is 30.2 Å². The molecule has 4 rings (SSSR count). The van der Waals surface area contributed by atoms with E-state index in [1.807, 2.05) is 11.0 Å². The molecule has 0 saturated carbocycles. The number of carbonyl (C=O) groups is 1. The summed E-state index contributed by atoms with van der Waals surface area (Å²) in [6.07, 6.45) is 5.19. The summed E-state index contributed by atoms with van der Waals surface area (Å²) >= 11 is 3.40. The second-order valence-corrected chi connectivity index (χ2v) is 8.51. The van der Waals surface area contributed by atoms with E-state index >= 15 is 0 Å². The van der Waals surface area contributed by atoms with E-state index in [2.05, 4.69) is 52.1 Å². The average molecular weight is 454 g/mol. The van der Waals surface area contributed by atoms with Gasteiger partial charge in [0.2, 0.25) is 5.91 Å². The summed E-state index contributed by atoms with van der Waals surface area (Å²) in [5, 5.41) is 0.517. The third kappa shape index (κ3) is 4.13. The summed E-state index contributed by atoms with van der Waals surface area (Å²) < 4.78 is 2.25. The van der Waals surface area contributed by atoms with Gasteiger partial charge >= 0.3 is 0 Å². The SMILES string of the molecule is CCCN(C(=O)Cn1cnc2ccc(Br)cc2c1=O)C1CCc2ccccc2C1. The van der Waals surface area contributed by atoms with Crippen LogP contribution in [0.5, 0.6) is 0 Å². The fourth-order valence-electron chi connectivity index (χ4n) is 4.18. The molecular formula is C23H24BrN3O2. The summed E-state index contributed by atoms with van der Waals surface area (Å²) in [5.74, 6) is -0.0190. The fraction of sp³-hybridized carbons (Fsp3) is 0.348. The molecule has 1 aromatic heterocycles. The van der Waals surface area contributed by atoms with E-state index in [-0.39, 0.29) is 24.1 Å². The Balaban J connectivity index is 1.58. The number of aryl methyl sites for hydroxylation is 1. The normalized spacial score (nSPS) is 15.9. The molecule has 0 N–H and O–H groups in total. The fourth-order valence-corrected chi connectivity index (χ4v) is 4.54. The molecule has 2 aromatic carbocycles. The Morgan fingerprint density at radius 1 is 1.24 bits per heavy atom. The van der Waals surface area contributed by atoms with Crippen LogP contribution in [0.15, 0.2) is 58.1 Å². The zero-order chi connectivity index (χ0) is 20.4. The molecule has 6 heteroatoms. The van der Waals surface area contributed by atoms with Crippen LogP contribution in [0.4, 0.5) is 0 Å². The largest absolute Gasteiger partial charge is 0.338 e. The summed E-state index contributed by atoms with van der Waals surface area (Å²) in [4.78, 5) is 32.4. The summed E-state index contributed by atoms with van der Waals surface area (Å²) in [6, 6.07) is 14.1. The van der Waals surface area contributed by atoms with E-state index in [0.29, 0.717) is 17.4 Å². The maximum Gasteiger partial charge on any atom is 0.261 e. The van der Waals surface area contributed by atoms with Gasteiger partial charge in [0.15, 0.2) is 0 Å². The van der Waals surface area contributed by atoms with E-state index < -0.39 is 0 Å². The van der Waals surface area contributed by atoms with Gasteiger partial charge in [-0.15, -0.1) is 0 Å². The van der Waals surface area contributed by atoms with Crippen molar-refractivity contribution in [3.8, 4) is 0 Å². The van der Waals surface area contributed by atoms with Crippen molar-refractivity contribution in [1.82, 2.24) is 14.5 Å². The molecule has 3 aromatic rings. The molecule has 0 saturated heterocycles. The van der Waals surface area contributed by atoms with Gasteiger partial charge in [-0.25, -0.2) is 4.98 Å². The van der Waals surface area contributed by atoms with Crippen LogP contribution in [0.1, 0.15) is 30.9 Å². The van der Waals surface area contributed by atoms with Crippen LogP contribution < -0.4 is 5.56 Å². The number of carbonyl (C=O) groups excluding carboxylic acids is 1. The smallest absolute Gasteiger partial charge is 0.261 e.